The molecule has 1 aromatic rings. The largest absolute Gasteiger partial charge is 0.485 e. The van der Waals surface area contributed by atoms with E-state index in [0.717, 1.165) is 19.4 Å². The van der Waals surface area contributed by atoms with E-state index in [1.807, 2.05) is 6.92 Å². The van der Waals surface area contributed by atoms with Crippen LogP contribution in [0, 0.1) is 10.1 Å². The van der Waals surface area contributed by atoms with Crippen molar-refractivity contribution in [3.8, 4) is 5.75 Å². The van der Waals surface area contributed by atoms with E-state index < -0.39 is 4.92 Å². The van der Waals surface area contributed by atoms with E-state index in [0.29, 0.717) is 18.7 Å². The highest BCUT2D eigenvalue weighted by Crippen LogP contribution is 2.28. The topological polar surface area (TPSA) is 93.5 Å². The zero-order chi connectivity index (χ0) is 15.2. The Hall–Kier alpha value is -2.15. The summed E-state index contributed by atoms with van der Waals surface area (Å²) in [7, 11) is 0. The third kappa shape index (κ3) is 3.91. The highest BCUT2D eigenvalue weighted by atomic mass is 16.6. The molecule has 1 aliphatic heterocycles. The van der Waals surface area contributed by atoms with Gasteiger partial charge in [0, 0.05) is 30.3 Å². The molecule has 1 amide bonds. The molecular weight excluding hydrogens is 274 g/mol. The summed E-state index contributed by atoms with van der Waals surface area (Å²) in [6.07, 6.45) is 2.07. The van der Waals surface area contributed by atoms with Gasteiger partial charge >= 0.3 is 5.69 Å². The summed E-state index contributed by atoms with van der Waals surface area (Å²) in [5.74, 6) is -0.131. The normalized spacial score (nSPS) is 17.5. The molecule has 2 N–H and O–H groups in total. The van der Waals surface area contributed by atoms with Crippen molar-refractivity contribution >= 4 is 11.6 Å². The molecule has 1 fully saturated rings. The summed E-state index contributed by atoms with van der Waals surface area (Å²) in [5.41, 5.74) is 0.234. The fraction of sp³-hybridized carbons (Fsp3) is 0.500. The second kappa shape index (κ2) is 7.03. The molecule has 1 unspecified atom stereocenters. The number of rotatable bonds is 6. The zero-order valence-electron chi connectivity index (χ0n) is 11.9. The maximum Gasteiger partial charge on any atom is 0.310 e. The van der Waals surface area contributed by atoms with Crippen LogP contribution >= 0.6 is 0 Å². The summed E-state index contributed by atoms with van der Waals surface area (Å²) in [6.45, 7) is 3.61. The van der Waals surface area contributed by atoms with Gasteiger partial charge in [-0.05, 0) is 32.4 Å². The summed E-state index contributed by atoms with van der Waals surface area (Å²) in [6, 6.07) is 4.38. The molecule has 1 atom stereocenters. The quantitative estimate of drug-likeness (QED) is 0.612. The third-order valence-electron chi connectivity index (χ3n) is 3.36. The Morgan fingerprint density at radius 1 is 1.57 bits per heavy atom. The SMILES string of the molecule is CCNC(=O)c1ccc([N+](=O)[O-])c(OCC2CCCN2)c1. The standard InChI is InChI=1S/C14H19N3O4/c1-2-15-14(18)10-5-6-12(17(19)20)13(8-10)21-9-11-4-3-7-16-11/h5-6,8,11,16H,2-4,7,9H2,1H3,(H,15,18). The minimum absolute atomic E-state index is 0.124. The van der Waals surface area contributed by atoms with Gasteiger partial charge in [0.25, 0.3) is 5.91 Å². The van der Waals surface area contributed by atoms with Gasteiger partial charge in [-0.3, -0.25) is 14.9 Å². The van der Waals surface area contributed by atoms with Crippen molar-refractivity contribution in [3.05, 3.63) is 33.9 Å². The van der Waals surface area contributed by atoms with E-state index in [1.165, 1.54) is 18.2 Å². The van der Waals surface area contributed by atoms with E-state index in [2.05, 4.69) is 10.6 Å². The van der Waals surface area contributed by atoms with Gasteiger partial charge in [-0.15, -0.1) is 0 Å². The van der Waals surface area contributed by atoms with Gasteiger partial charge in [-0.25, -0.2) is 0 Å². The Kier molecular flexibility index (Phi) is 5.10. The third-order valence-corrected chi connectivity index (χ3v) is 3.36. The average molecular weight is 293 g/mol. The fourth-order valence-corrected chi connectivity index (χ4v) is 2.27. The molecule has 1 aliphatic rings. The monoisotopic (exact) mass is 293 g/mol. The Morgan fingerprint density at radius 2 is 2.38 bits per heavy atom. The molecule has 0 aromatic heterocycles. The van der Waals surface area contributed by atoms with Gasteiger partial charge in [0.1, 0.15) is 6.61 Å². The van der Waals surface area contributed by atoms with E-state index in [9.17, 15) is 14.9 Å². The molecule has 7 heteroatoms. The first-order valence-corrected chi connectivity index (χ1v) is 7.04. The van der Waals surface area contributed by atoms with E-state index in [-0.39, 0.29) is 23.4 Å². The predicted octanol–water partition coefficient (Wildman–Crippen LogP) is 1.48. The van der Waals surface area contributed by atoms with E-state index >= 15 is 0 Å². The lowest BCUT2D eigenvalue weighted by molar-refractivity contribution is -0.385. The second-order valence-corrected chi connectivity index (χ2v) is 4.90. The molecule has 1 saturated heterocycles. The van der Waals surface area contributed by atoms with E-state index in [1.54, 1.807) is 0 Å². The molecule has 0 saturated carbocycles. The van der Waals surface area contributed by atoms with Gasteiger partial charge in [0.2, 0.25) is 0 Å². The lowest BCUT2D eigenvalue weighted by atomic mass is 10.1. The average Bonchev–Trinajstić information content (AvgIpc) is 2.98. The minimum Gasteiger partial charge on any atom is -0.485 e. The summed E-state index contributed by atoms with van der Waals surface area (Å²) in [5, 5.41) is 17.0. The van der Waals surface area contributed by atoms with Gasteiger partial charge in [-0.1, -0.05) is 0 Å². The van der Waals surface area contributed by atoms with Crippen molar-refractivity contribution < 1.29 is 14.5 Å². The summed E-state index contributed by atoms with van der Waals surface area (Å²) < 4.78 is 5.57. The Labute approximate surface area is 122 Å². The summed E-state index contributed by atoms with van der Waals surface area (Å²) in [4.78, 5) is 22.3. The van der Waals surface area contributed by atoms with Gasteiger partial charge in [0.05, 0.1) is 4.92 Å². The lowest BCUT2D eigenvalue weighted by Gasteiger charge is -2.13. The molecule has 1 heterocycles. The highest BCUT2D eigenvalue weighted by Gasteiger charge is 2.20. The van der Waals surface area contributed by atoms with Crippen LogP contribution in [0.15, 0.2) is 18.2 Å². The smallest absolute Gasteiger partial charge is 0.310 e. The van der Waals surface area contributed by atoms with Crippen LogP contribution in [0.3, 0.4) is 0 Å². The Morgan fingerprint density at radius 3 is 3.00 bits per heavy atom. The number of hydrogen-bond donors (Lipinski definition) is 2. The number of carbonyl (C=O) groups excluding carboxylic acids is 1. The molecule has 1 aromatic carbocycles. The lowest BCUT2D eigenvalue weighted by Crippen LogP contribution is -2.28. The molecular formula is C14H19N3O4. The number of nitrogens with one attached hydrogen (secondary N) is 2. The number of amides is 1. The van der Waals surface area contributed by atoms with Crippen molar-refractivity contribution in [2.75, 3.05) is 19.7 Å². The van der Waals surface area contributed by atoms with Crippen LogP contribution in [0.1, 0.15) is 30.1 Å². The molecule has 0 radical (unpaired) electrons. The maximum atomic E-state index is 11.8. The van der Waals surface area contributed by atoms with Crippen LogP contribution in [0.5, 0.6) is 5.75 Å². The van der Waals surface area contributed by atoms with Crippen LogP contribution in [0.2, 0.25) is 0 Å². The van der Waals surface area contributed by atoms with Crippen LogP contribution in [0.25, 0.3) is 0 Å². The number of carbonyl (C=O) groups is 1. The first-order valence-electron chi connectivity index (χ1n) is 7.04. The van der Waals surface area contributed by atoms with E-state index in [4.69, 9.17) is 4.74 Å². The van der Waals surface area contributed by atoms with Crippen LogP contribution in [0.4, 0.5) is 5.69 Å². The second-order valence-electron chi connectivity index (χ2n) is 4.90. The number of benzene rings is 1. The molecule has 114 valence electrons. The number of ether oxygens (including phenoxy) is 1. The molecule has 2 rings (SSSR count). The van der Waals surface area contributed by atoms with Gasteiger partial charge in [0.15, 0.2) is 5.75 Å². The van der Waals surface area contributed by atoms with Crippen molar-refractivity contribution in [2.24, 2.45) is 0 Å². The molecule has 0 bridgehead atoms. The Bertz CT molecular complexity index is 527. The van der Waals surface area contributed by atoms with Crippen molar-refractivity contribution in [1.82, 2.24) is 10.6 Å². The van der Waals surface area contributed by atoms with Gasteiger partial charge < -0.3 is 15.4 Å². The molecule has 0 spiro atoms. The Balaban J connectivity index is 2.15. The van der Waals surface area contributed by atoms with Crippen LogP contribution < -0.4 is 15.4 Å². The number of nitrogens with zero attached hydrogens (tertiary/aromatic N) is 1. The number of nitro groups is 1. The predicted molar refractivity (Wildman–Crippen MR) is 77.6 cm³/mol. The number of hydrogen-bond acceptors (Lipinski definition) is 5. The first-order chi connectivity index (χ1) is 10.1. The van der Waals surface area contributed by atoms with Crippen molar-refractivity contribution in [1.29, 1.82) is 0 Å². The van der Waals surface area contributed by atoms with Gasteiger partial charge in [-0.2, -0.15) is 0 Å². The minimum atomic E-state index is -0.501. The van der Waals surface area contributed by atoms with Crippen molar-refractivity contribution in [3.63, 3.8) is 0 Å². The molecule has 0 aliphatic carbocycles. The first kappa shape index (κ1) is 15.2. The van der Waals surface area contributed by atoms with Crippen LogP contribution in [-0.2, 0) is 0 Å². The molecule has 21 heavy (non-hydrogen) atoms. The molecule has 7 nitrogen and oxygen atoms in total. The summed E-state index contributed by atoms with van der Waals surface area (Å²) >= 11 is 0. The highest BCUT2D eigenvalue weighted by molar-refractivity contribution is 5.95. The van der Waals surface area contributed by atoms with Crippen molar-refractivity contribution in [2.45, 2.75) is 25.8 Å². The number of nitro benzene ring substituents is 1. The maximum absolute atomic E-state index is 11.8. The van der Waals surface area contributed by atoms with Crippen LogP contribution in [-0.4, -0.2) is 36.6 Å². The fourth-order valence-electron chi connectivity index (χ4n) is 2.27. The zero-order valence-corrected chi connectivity index (χ0v) is 11.9.